The summed E-state index contributed by atoms with van der Waals surface area (Å²) in [6.07, 6.45) is 13.3. The standard InChI is InChI=1S/C32H51NO3S/c1-5-23-20-26-28-14-13-27(22(2)10-9-19-33-37(35,36)25-11-7-6-8-12-25)31(28,3)18-16-29(26)32(4)17-15-24(34)21-30(23)32/h6-8,11-12,22-24,26-30,33-34H,5,9-10,13-21H2,1-4H3/t22-,23+,24-,26?,27?,28+,29+,30?,31?,32?/m1/s1. The molecule has 2 N–H and O–H groups in total. The van der Waals surface area contributed by atoms with Crippen LogP contribution in [0.5, 0.6) is 0 Å². The van der Waals surface area contributed by atoms with E-state index in [0.29, 0.717) is 34.1 Å². The van der Waals surface area contributed by atoms with E-state index < -0.39 is 10.0 Å². The molecule has 4 saturated carbocycles. The lowest BCUT2D eigenvalue weighted by Crippen LogP contribution is -2.56. The van der Waals surface area contributed by atoms with Crippen molar-refractivity contribution < 1.29 is 13.5 Å². The van der Waals surface area contributed by atoms with Gasteiger partial charge in [0, 0.05) is 6.54 Å². The zero-order chi connectivity index (χ0) is 26.4. The van der Waals surface area contributed by atoms with Gasteiger partial charge < -0.3 is 5.11 Å². The molecule has 1 aromatic rings. The van der Waals surface area contributed by atoms with E-state index in [0.717, 1.165) is 55.3 Å². The van der Waals surface area contributed by atoms with E-state index in [4.69, 9.17) is 0 Å². The zero-order valence-corrected chi connectivity index (χ0v) is 24.5. The van der Waals surface area contributed by atoms with Crippen molar-refractivity contribution in [2.45, 2.75) is 109 Å². The highest BCUT2D eigenvalue weighted by Crippen LogP contribution is 2.69. The quantitative estimate of drug-likeness (QED) is 0.355. The third-order valence-corrected chi connectivity index (χ3v) is 13.8. The topological polar surface area (TPSA) is 66.4 Å². The van der Waals surface area contributed by atoms with E-state index in [1.54, 1.807) is 24.3 Å². The van der Waals surface area contributed by atoms with Crippen LogP contribution in [0.25, 0.3) is 0 Å². The molecule has 4 aliphatic rings. The van der Waals surface area contributed by atoms with Crippen molar-refractivity contribution in [1.82, 2.24) is 4.72 Å². The monoisotopic (exact) mass is 529 g/mol. The second kappa shape index (κ2) is 10.6. The summed E-state index contributed by atoms with van der Waals surface area (Å²) in [5, 5.41) is 10.5. The Morgan fingerprint density at radius 3 is 2.41 bits per heavy atom. The Hall–Kier alpha value is -0.910. The van der Waals surface area contributed by atoms with Crippen molar-refractivity contribution in [2.24, 2.45) is 52.3 Å². The molecule has 208 valence electrons. The van der Waals surface area contributed by atoms with Gasteiger partial charge in [-0.25, -0.2) is 13.1 Å². The number of aliphatic hydroxyl groups is 1. The van der Waals surface area contributed by atoms with Gasteiger partial charge in [-0.05, 0) is 129 Å². The molecule has 10 atom stereocenters. The number of fused-ring (bicyclic) bond motifs is 5. The number of hydrogen-bond acceptors (Lipinski definition) is 3. The van der Waals surface area contributed by atoms with Gasteiger partial charge in [0.25, 0.3) is 0 Å². The average molecular weight is 530 g/mol. The van der Waals surface area contributed by atoms with Gasteiger partial charge in [-0.3, -0.25) is 0 Å². The highest BCUT2D eigenvalue weighted by atomic mass is 32.2. The third-order valence-electron chi connectivity index (χ3n) is 12.3. The lowest BCUT2D eigenvalue weighted by Gasteiger charge is -2.63. The maximum absolute atomic E-state index is 12.6. The summed E-state index contributed by atoms with van der Waals surface area (Å²) in [6.45, 7) is 10.6. The summed E-state index contributed by atoms with van der Waals surface area (Å²) in [5.74, 6) is 5.41. The van der Waals surface area contributed by atoms with Crippen molar-refractivity contribution >= 4 is 10.0 Å². The lowest BCUT2D eigenvalue weighted by atomic mass is 9.42. The molecular weight excluding hydrogens is 478 g/mol. The van der Waals surface area contributed by atoms with Crippen LogP contribution in [-0.4, -0.2) is 26.2 Å². The van der Waals surface area contributed by atoms with E-state index in [9.17, 15) is 13.5 Å². The first-order valence-electron chi connectivity index (χ1n) is 15.3. The van der Waals surface area contributed by atoms with E-state index in [-0.39, 0.29) is 6.10 Å². The van der Waals surface area contributed by atoms with Crippen LogP contribution in [0, 0.1) is 52.3 Å². The van der Waals surface area contributed by atoms with Crippen LogP contribution >= 0.6 is 0 Å². The maximum Gasteiger partial charge on any atom is 0.240 e. The number of sulfonamides is 1. The smallest absolute Gasteiger partial charge is 0.240 e. The first kappa shape index (κ1) is 27.6. The fourth-order valence-corrected chi connectivity index (χ4v) is 11.5. The molecule has 4 fully saturated rings. The molecule has 4 nitrogen and oxygen atoms in total. The molecule has 37 heavy (non-hydrogen) atoms. The molecular formula is C32H51NO3S. The van der Waals surface area contributed by atoms with Crippen molar-refractivity contribution in [1.29, 1.82) is 0 Å². The summed E-state index contributed by atoms with van der Waals surface area (Å²) in [5.41, 5.74) is 0.851. The largest absolute Gasteiger partial charge is 0.393 e. The van der Waals surface area contributed by atoms with Gasteiger partial charge in [0.1, 0.15) is 0 Å². The van der Waals surface area contributed by atoms with Crippen LogP contribution in [0.4, 0.5) is 0 Å². The number of hydrogen-bond donors (Lipinski definition) is 2. The van der Waals surface area contributed by atoms with Crippen LogP contribution in [-0.2, 0) is 10.0 Å². The summed E-state index contributed by atoms with van der Waals surface area (Å²) in [7, 11) is -3.41. The number of aliphatic hydroxyl groups excluding tert-OH is 1. The highest BCUT2D eigenvalue weighted by molar-refractivity contribution is 7.89. The first-order valence-corrected chi connectivity index (χ1v) is 16.8. The Balaban J connectivity index is 1.22. The third kappa shape index (κ3) is 4.95. The molecule has 0 radical (unpaired) electrons. The molecule has 5 unspecified atom stereocenters. The normalized spacial score (nSPS) is 42.5. The van der Waals surface area contributed by atoms with E-state index in [1.165, 1.54) is 44.9 Å². The number of nitrogens with one attached hydrogen (secondary N) is 1. The van der Waals surface area contributed by atoms with Crippen LogP contribution in [0.1, 0.15) is 98.3 Å². The second-order valence-corrected chi connectivity index (χ2v) is 15.6. The minimum atomic E-state index is -3.41. The fourth-order valence-electron chi connectivity index (χ4n) is 10.4. The van der Waals surface area contributed by atoms with Gasteiger partial charge in [-0.15, -0.1) is 0 Å². The average Bonchev–Trinajstić information content (AvgIpc) is 3.24. The number of benzene rings is 1. The Bertz CT molecular complexity index is 1030. The molecule has 0 heterocycles. The van der Waals surface area contributed by atoms with Crippen molar-refractivity contribution in [3.8, 4) is 0 Å². The Labute approximate surface area is 226 Å². The fraction of sp³-hybridized carbons (Fsp3) is 0.812. The van der Waals surface area contributed by atoms with Gasteiger partial charge in [-0.2, -0.15) is 0 Å². The summed E-state index contributed by atoms with van der Waals surface area (Å²) >= 11 is 0. The van der Waals surface area contributed by atoms with Gasteiger partial charge in [0.15, 0.2) is 0 Å². The predicted octanol–water partition coefficient (Wildman–Crippen LogP) is 7.04. The number of rotatable bonds is 8. The van der Waals surface area contributed by atoms with Gasteiger partial charge in [-0.1, -0.05) is 52.3 Å². The molecule has 5 heteroatoms. The molecule has 0 amide bonds. The van der Waals surface area contributed by atoms with Crippen LogP contribution in [0.2, 0.25) is 0 Å². The van der Waals surface area contributed by atoms with Crippen LogP contribution in [0.3, 0.4) is 0 Å². The predicted molar refractivity (Wildman–Crippen MR) is 150 cm³/mol. The minimum Gasteiger partial charge on any atom is -0.393 e. The molecule has 0 bridgehead atoms. The Morgan fingerprint density at radius 2 is 1.68 bits per heavy atom. The SMILES string of the molecule is CC[C@H]1CC2[C@H](CCC3(C)C([C@H](C)CCCNS(=O)(=O)c4ccccc4)CC[C@@H]23)C2(C)CC[C@@H](O)CC12. The first-order chi connectivity index (χ1) is 17.6. The summed E-state index contributed by atoms with van der Waals surface area (Å²) < 4.78 is 28.0. The van der Waals surface area contributed by atoms with Gasteiger partial charge >= 0.3 is 0 Å². The van der Waals surface area contributed by atoms with E-state index >= 15 is 0 Å². The van der Waals surface area contributed by atoms with Crippen LogP contribution in [0.15, 0.2) is 35.2 Å². The molecule has 4 aliphatic carbocycles. The molecule has 1 aromatic carbocycles. The second-order valence-electron chi connectivity index (χ2n) is 13.9. The maximum atomic E-state index is 12.6. The van der Waals surface area contributed by atoms with Gasteiger partial charge in [0.2, 0.25) is 10.0 Å². The molecule has 0 saturated heterocycles. The van der Waals surface area contributed by atoms with Crippen molar-refractivity contribution in [2.75, 3.05) is 6.54 Å². The summed E-state index contributed by atoms with van der Waals surface area (Å²) in [6, 6.07) is 8.71. The van der Waals surface area contributed by atoms with E-state index in [1.807, 2.05) is 6.07 Å². The van der Waals surface area contributed by atoms with Crippen molar-refractivity contribution in [3.05, 3.63) is 30.3 Å². The Morgan fingerprint density at radius 1 is 0.973 bits per heavy atom. The molecule has 0 aliphatic heterocycles. The Kier molecular flexibility index (Phi) is 7.90. The molecule has 5 rings (SSSR count). The molecule has 0 spiro atoms. The van der Waals surface area contributed by atoms with Crippen molar-refractivity contribution in [3.63, 3.8) is 0 Å². The minimum absolute atomic E-state index is 0.0774. The lowest BCUT2D eigenvalue weighted by molar-refractivity contribution is -0.152. The van der Waals surface area contributed by atoms with Gasteiger partial charge in [0.05, 0.1) is 11.0 Å². The van der Waals surface area contributed by atoms with Crippen LogP contribution < -0.4 is 4.72 Å². The molecule has 0 aromatic heterocycles. The zero-order valence-electron chi connectivity index (χ0n) is 23.7. The van der Waals surface area contributed by atoms with E-state index in [2.05, 4.69) is 32.4 Å². The summed E-state index contributed by atoms with van der Waals surface area (Å²) in [4.78, 5) is 0.354. The highest BCUT2D eigenvalue weighted by Gasteiger charge is 2.62.